The first-order valence-electron chi connectivity index (χ1n) is 8.47. The number of hydrogen-bond donors (Lipinski definition) is 1. The van der Waals surface area contributed by atoms with E-state index >= 15 is 0 Å². The molecule has 2 rings (SSSR count). The molecule has 0 bridgehead atoms. The number of amides is 2. The quantitative estimate of drug-likeness (QED) is 0.850. The van der Waals surface area contributed by atoms with Crippen molar-refractivity contribution in [3.8, 4) is 0 Å². The number of ether oxygens (including phenoxy) is 1. The number of nitrogens with zero attached hydrogens (tertiary/aromatic N) is 2. The van der Waals surface area contributed by atoms with Gasteiger partial charge in [0, 0.05) is 0 Å². The lowest BCUT2D eigenvalue weighted by atomic mass is 10.0. The Labute approximate surface area is 156 Å². The van der Waals surface area contributed by atoms with Gasteiger partial charge in [-0.2, -0.15) is 0 Å². The number of fused-ring (bicyclic) bond motifs is 1. The van der Waals surface area contributed by atoms with E-state index in [1.807, 2.05) is 0 Å². The maximum Gasteiger partial charge on any atom is 0.417 e. The van der Waals surface area contributed by atoms with Crippen LogP contribution in [-0.4, -0.2) is 34.0 Å². The molecule has 0 saturated heterocycles. The van der Waals surface area contributed by atoms with Crippen molar-refractivity contribution in [1.29, 1.82) is 0 Å². The van der Waals surface area contributed by atoms with Gasteiger partial charge in [0.05, 0.1) is 28.4 Å². The van der Waals surface area contributed by atoms with Crippen LogP contribution in [0.4, 0.5) is 9.18 Å². The van der Waals surface area contributed by atoms with Gasteiger partial charge in [-0.3, -0.25) is 4.79 Å². The third-order valence-electron chi connectivity index (χ3n) is 3.89. The van der Waals surface area contributed by atoms with E-state index in [0.717, 1.165) is 4.90 Å². The van der Waals surface area contributed by atoms with E-state index in [0.29, 0.717) is 15.2 Å². The van der Waals surface area contributed by atoms with Crippen molar-refractivity contribution in [3.63, 3.8) is 0 Å². The Hall–Kier alpha value is -2.06. The Balaban J connectivity index is 2.41. The fraction of sp³-hybridized carbons (Fsp3) is 0.500. The van der Waals surface area contributed by atoms with E-state index in [1.165, 1.54) is 23.5 Å². The Bertz CT molecular complexity index is 806. The van der Waals surface area contributed by atoms with E-state index in [2.05, 4.69) is 4.98 Å². The lowest BCUT2D eigenvalue weighted by Crippen LogP contribution is -2.50. The molecule has 2 atom stereocenters. The monoisotopic (exact) mass is 381 g/mol. The third-order valence-corrected chi connectivity index (χ3v) is 5.07. The number of hydrogen-bond acceptors (Lipinski definition) is 6. The molecule has 26 heavy (non-hydrogen) atoms. The van der Waals surface area contributed by atoms with Gasteiger partial charge in [-0.1, -0.05) is 13.8 Å². The van der Waals surface area contributed by atoms with E-state index < -0.39 is 24.1 Å². The van der Waals surface area contributed by atoms with Gasteiger partial charge in [0.15, 0.2) is 0 Å². The van der Waals surface area contributed by atoms with E-state index in [1.54, 1.807) is 40.7 Å². The molecule has 0 spiro atoms. The number of benzene rings is 1. The Morgan fingerprint density at radius 2 is 1.88 bits per heavy atom. The molecular formula is C18H24FN3O3S. The largest absolute Gasteiger partial charge is 0.446 e. The zero-order chi connectivity index (χ0) is 19.6. The van der Waals surface area contributed by atoms with Crippen LogP contribution in [0.2, 0.25) is 0 Å². The highest BCUT2D eigenvalue weighted by atomic mass is 32.1. The van der Waals surface area contributed by atoms with Crippen LogP contribution < -0.4 is 5.73 Å². The molecule has 0 radical (unpaired) electrons. The molecule has 8 heteroatoms. The van der Waals surface area contributed by atoms with Gasteiger partial charge in [0.1, 0.15) is 10.8 Å². The van der Waals surface area contributed by atoms with Gasteiger partial charge in [-0.05, 0) is 44.9 Å². The summed E-state index contributed by atoms with van der Waals surface area (Å²) in [4.78, 5) is 30.8. The van der Waals surface area contributed by atoms with Gasteiger partial charge in [0.2, 0.25) is 5.91 Å². The highest BCUT2D eigenvalue weighted by Crippen LogP contribution is 2.31. The molecule has 2 aromatic rings. The number of halogens is 1. The molecule has 0 aliphatic rings. The second-order valence-corrected chi connectivity index (χ2v) is 7.81. The van der Waals surface area contributed by atoms with Gasteiger partial charge >= 0.3 is 6.09 Å². The first-order chi connectivity index (χ1) is 12.1. The predicted molar refractivity (Wildman–Crippen MR) is 99.3 cm³/mol. The molecule has 1 aromatic carbocycles. The van der Waals surface area contributed by atoms with Crippen molar-refractivity contribution in [2.45, 2.75) is 52.8 Å². The van der Waals surface area contributed by atoms with Crippen LogP contribution in [0.25, 0.3) is 10.2 Å². The molecular weight excluding hydrogens is 357 g/mol. The summed E-state index contributed by atoms with van der Waals surface area (Å²) in [5.41, 5.74) is 6.58. The molecule has 1 aromatic heterocycles. The summed E-state index contributed by atoms with van der Waals surface area (Å²) in [6, 6.07) is 2.74. The lowest BCUT2D eigenvalue weighted by molar-refractivity contribution is -0.134. The SMILES string of the molecule is CC(C)OC(=O)N(C(=O)[C@@H](N)C(C)C)[C@H](C)c1nc2ccc(F)cc2s1. The van der Waals surface area contributed by atoms with Crippen molar-refractivity contribution in [2.75, 3.05) is 0 Å². The molecule has 1 heterocycles. The fourth-order valence-electron chi connectivity index (χ4n) is 2.35. The number of carbonyl (C=O) groups excluding carboxylic acids is 2. The second kappa shape index (κ2) is 8.09. The number of carbonyl (C=O) groups is 2. The molecule has 2 amide bonds. The normalized spacial score (nSPS) is 13.9. The summed E-state index contributed by atoms with van der Waals surface area (Å²) in [5, 5.41) is 0.510. The van der Waals surface area contributed by atoms with Crippen LogP contribution in [0.3, 0.4) is 0 Å². The minimum absolute atomic E-state index is 0.145. The van der Waals surface area contributed by atoms with E-state index in [9.17, 15) is 14.0 Å². The molecule has 0 unspecified atom stereocenters. The van der Waals surface area contributed by atoms with Crippen LogP contribution in [0.15, 0.2) is 18.2 Å². The second-order valence-electron chi connectivity index (χ2n) is 6.75. The average molecular weight is 381 g/mol. The third kappa shape index (κ3) is 4.37. The Morgan fingerprint density at radius 3 is 2.46 bits per heavy atom. The summed E-state index contributed by atoms with van der Waals surface area (Å²) in [6.07, 6.45) is -1.15. The summed E-state index contributed by atoms with van der Waals surface area (Å²) in [7, 11) is 0. The minimum Gasteiger partial charge on any atom is -0.446 e. The van der Waals surface area contributed by atoms with Crippen LogP contribution in [0.1, 0.15) is 45.7 Å². The number of rotatable bonds is 5. The molecule has 0 aliphatic heterocycles. The fourth-order valence-corrected chi connectivity index (χ4v) is 3.38. The maximum atomic E-state index is 13.4. The van der Waals surface area contributed by atoms with Crippen molar-refractivity contribution in [2.24, 2.45) is 11.7 Å². The van der Waals surface area contributed by atoms with Gasteiger partial charge < -0.3 is 10.5 Å². The lowest BCUT2D eigenvalue weighted by Gasteiger charge is -2.29. The van der Waals surface area contributed by atoms with E-state index in [-0.39, 0.29) is 17.8 Å². The number of imide groups is 1. The first kappa shape index (κ1) is 20.3. The molecule has 0 fully saturated rings. The summed E-state index contributed by atoms with van der Waals surface area (Å²) >= 11 is 1.23. The van der Waals surface area contributed by atoms with E-state index in [4.69, 9.17) is 10.5 Å². The summed E-state index contributed by atoms with van der Waals surface area (Å²) in [5.74, 6) is -1.04. The first-order valence-corrected chi connectivity index (χ1v) is 9.28. The molecule has 6 nitrogen and oxygen atoms in total. The van der Waals surface area contributed by atoms with Crippen LogP contribution in [-0.2, 0) is 9.53 Å². The zero-order valence-electron chi connectivity index (χ0n) is 15.5. The highest BCUT2D eigenvalue weighted by Gasteiger charge is 2.35. The molecule has 0 saturated carbocycles. The van der Waals surface area contributed by atoms with Crippen molar-refractivity contribution in [3.05, 3.63) is 29.0 Å². The topological polar surface area (TPSA) is 85.5 Å². The van der Waals surface area contributed by atoms with Gasteiger partial charge in [0.25, 0.3) is 0 Å². The predicted octanol–water partition coefficient (Wildman–Crippen LogP) is 3.85. The average Bonchev–Trinajstić information content (AvgIpc) is 2.96. The van der Waals surface area contributed by atoms with Crippen LogP contribution in [0.5, 0.6) is 0 Å². The van der Waals surface area contributed by atoms with Gasteiger partial charge in [-0.15, -0.1) is 11.3 Å². The molecule has 2 N–H and O–H groups in total. The molecule has 0 aliphatic carbocycles. The zero-order valence-corrected chi connectivity index (χ0v) is 16.3. The Morgan fingerprint density at radius 1 is 1.23 bits per heavy atom. The number of nitrogens with two attached hydrogens (primary N) is 1. The van der Waals surface area contributed by atoms with Crippen molar-refractivity contribution < 1.29 is 18.7 Å². The standard InChI is InChI=1S/C18H24FN3O3S/c1-9(2)15(20)17(23)22(18(24)25-10(3)4)11(5)16-21-13-7-6-12(19)8-14(13)26-16/h6-11,15H,20H2,1-5H3/t11-,15+/m1/s1. The smallest absolute Gasteiger partial charge is 0.417 e. The minimum atomic E-state index is -0.844. The maximum absolute atomic E-state index is 13.4. The Kier molecular flexibility index (Phi) is 6.30. The summed E-state index contributed by atoms with van der Waals surface area (Å²) < 4.78 is 19.3. The van der Waals surface area contributed by atoms with Crippen molar-refractivity contribution >= 4 is 33.6 Å². The molecule has 142 valence electrons. The highest BCUT2D eigenvalue weighted by molar-refractivity contribution is 7.18. The summed E-state index contributed by atoms with van der Waals surface area (Å²) in [6.45, 7) is 8.70. The van der Waals surface area contributed by atoms with Crippen LogP contribution >= 0.6 is 11.3 Å². The van der Waals surface area contributed by atoms with Crippen molar-refractivity contribution in [1.82, 2.24) is 9.88 Å². The number of aromatic nitrogens is 1. The number of thiazole rings is 1. The van der Waals surface area contributed by atoms with Crippen LogP contribution in [0, 0.1) is 11.7 Å². The van der Waals surface area contributed by atoms with Gasteiger partial charge in [-0.25, -0.2) is 19.1 Å².